The Morgan fingerprint density at radius 2 is 2.12 bits per heavy atom. The van der Waals surface area contributed by atoms with E-state index in [2.05, 4.69) is 15.6 Å². The minimum atomic E-state index is -4.22. The number of hydrogen-bond donors (Lipinski definition) is 2. The molecule has 1 fully saturated rings. The number of nitrogens with zero attached hydrogens (tertiary/aromatic N) is 1. The van der Waals surface area contributed by atoms with Gasteiger partial charge in [-0.25, -0.2) is 18.6 Å². The van der Waals surface area contributed by atoms with Gasteiger partial charge in [0, 0.05) is 24.8 Å². The summed E-state index contributed by atoms with van der Waals surface area (Å²) in [5, 5.41) is 4.97. The predicted octanol–water partition coefficient (Wildman–Crippen LogP) is 2.91. The predicted molar refractivity (Wildman–Crippen MR) is 78.5 cm³/mol. The highest BCUT2D eigenvalue weighted by atomic mass is 19.4. The van der Waals surface area contributed by atoms with E-state index in [-0.39, 0.29) is 25.3 Å². The van der Waals surface area contributed by atoms with Crippen LogP contribution >= 0.6 is 0 Å². The fourth-order valence-corrected chi connectivity index (χ4v) is 2.28. The van der Waals surface area contributed by atoms with Gasteiger partial charge in [0.15, 0.2) is 6.17 Å². The van der Waals surface area contributed by atoms with Crippen molar-refractivity contribution in [3.8, 4) is 5.88 Å². The van der Waals surface area contributed by atoms with Crippen molar-refractivity contribution < 1.29 is 31.5 Å². The van der Waals surface area contributed by atoms with Crippen LogP contribution in [-0.2, 0) is 6.54 Å². The molecule has 1 unspecified atom stereocenters. The van der Waals surface area contributed by atoms with Crippen LogP contribution in [0.25, 0.3) is 0 Å². The monoisotopic (exact) mass is 367 g/mol. The van der Waals surface area contributed by atoms with Crippen molar-refractivity contribution in [3.05, 3.63) is 23.9 Å². The Morgan fingerprint density at radius 3 is 2.76 bits per heavy atom. The number of amides is 2. The standard InChI is InChI=1S/C15H18F5N3O2/c16-6-11(17)8-25-13-3-9(1-2-21-13)7-22-14(24)23-12-4-10(5-12)15(18,19)20/h1-3,10-12H,4-8H2,(H2,22,23,24). The van der Waals surface area contributed by atoms with Gasteiger partial charge in [-0.2, -0.15) is 13.2 Å². The van der Waals surface area contributed by atoms with Crippen LogP contribution in [0.5, 0.6) is 5.88 Å². The Balaban J connectivity index is 1.71. The minimum Gasteiger partial charge on any atom is -0.474 e. The Labute approximate surface area is 140 Å². The van der Waals surface area contributed by atoms with E-state index in [0.717, 1.165) is 0 Å². The molecule has 0 aliphatic heterocycles. The number of hydrogen-bond acceptors (Lipinski definition) is 3. The highest BCUT2D eigenvalue weighted by Crippen LogP contribution is 2.40. The van der Waals surface area contributed by atoms with Crippen molar-refractivity contribution in [2.75, 3.05) is 13.3 Å². The molecule has 1 aliphatic rings. The van der Waals surface area contributed by atoms with Gasteiger partial charge >= 0.3 is 12.2 Å². The molecule has 1 aromatic rings. The number of urea groups is 1. The van der Waals surface area contributed by atoms with Crippen LogP contribution < -0.4 is 15.4 Å². The molecule has 1 atom stereocenters. The van der Waals surface area contributed by atoms with Gasteiger partial charge in [0.1, 0.15) is 13.3 Å². The van der Waals surface area contributed by atoms with E-state index in [1.807, 2.05) is 0 Å². The number of alkyl halides is 5. The lowest BCUT2D eigenvalue weighted by molar-refractivity contribution is -0.198. The summed E-state index contributed by atoms with van der Waals surface area (Å²) in [7, 11) is 0. The first-order valence-electron chi connectivity index (χ1n) is 7.66. The summed E-state index contributed by atoms with van der Waals surface area (Å²) in [5.74, 6) is -1.27. The van der Waals surface area contributed by atoms with Crippen molar-refractivity contribution in [1.82, 2.24) is 15.6 Å². The summed E-state index contributed by atoms with van der Waals surface area (Å²) in [6.45, 7) is -1.54. The highest BCUT2D eigenvalue weighted by molar-refractivity contribution is 5.74. The summed E-state index contributed by atoms with van der Waals surface area (Å²) < 4.78 is 66.9. The summed E-state index contributed by atoms with van der Waals surface area (Å²) >= 11 is 0. The van der Waals surface area contributed by atoms with Crippen molar-refractivity contribution >= 4 is 6.03 Å². The molecule has 0 aromatic carbocycles. The molecule has 0 bridgehead atoms. The third-order valence-electron chi connectivity index (χ3n) is 3.77. The topological polar surface area (TPSA) is 63.2 Å². The molecule has 0 saturated heterocycles. The molecule has 1 aromatic heterocycles. The molecule has 140 valence electrons. The lowest BCUT2D eigenvalue weighted by atomic mass is 9.80. The molecule has 2 amide bonds. The summed E-state index contributed by atoms with van der Waals surface area (Å²) in [5.41, 5.74) is 0.595. The second-order valence-electron chi connectivity index (χ2n) is 5.80. The molecule has 1 aliphatic carbocycles. The van der Waals surface area contributed by atoms with Gasteiger partial charge in [-0.1, -0.05) is 0 Å². The highest BCUT2D eigenvalue weighted by Gasteiger charge is 2.48. The smallest absolute Gasteiger partial charge is 0.391 e. The normalized spacial score (nSPS) is 21.2. The van der Waals surface area contributed by atoms with Gasteiger partial charge in [-0.05, 0) is 24.5 Å². The SMILES string of the molecule is O=C(NCc1ccnc(OCC(F)CF)c1)NC1CC(C(F)(F)F)C1. The minimum absolute atomic E-state index is 0.0856. The molecule has 0 spiro atoms. The van der Waals surface area contributed by atoms with Crippen LogP contribution in [0.4, 0.5) is 26.7 Å². The fourth-order valence-electron chi connectivity index (χ4n) is 2.28. The maximum absolute atomic E-state index is 12.8. The first kappa shape index (κ1) is 19.2. The van der Waals surface area contributed by atoms with Crippen molar-refractivity contribution in [1.29, 1.82) is 0 Å². The molecule has 2 rings (SSSR count). The molecule has 0 radical (unpaired) electrons. The Kier molecular flexibility index (Phi) is 6.38. The lowest BCUT2D eigenvalue weighted by Crippen LogP contribution is -2.51. The number of aromatic nitrogens is 1. The molecule has 5 nitrogen and oxygen atoms in total. The third kappa shape index (κ3) is 6.02. The Hall–Kier alpha value is -2.13. The number of nitrogens with one attached hydrogen (secondary N) is 2. The van der Waals surface area contributed by atoms with E-state index in [0.29, 0.717) is 5.56 Å². The maximum Gasteiger partial charge on any atom is 0.391 e. The van der Waals surface area contributed by atoms with Crippen LogP contribution in [0.3, 0.4) is 0 Å². The van der Waals surface area contributed by atoms with Crippen LogP contribution in [0.2, 0.25) is 0 Å². The zero-order valence-electron chi connectivity index (χ0n) is 13.2. The third-order valence-corrected chi connectivity index (χ3v) is 3.77. The molecular formula is C15H18F5N3O2. The van der Waals surface area contributed by atoms with E-state index >= 15 is 0 Å². The lowest BCUT2D eigenvalue weighted by Gasteiger charge is -2.36. The molecule has 1 heterocycles. The number of ether oxygens (including phenoxy) is 1. The molecule has 1 saturated carbocycles. The van der Waals surface area contributed by atoms with E-state index in [9.17, 15) is 26.7 Å². The Bertz CT molecular complexity index is 579. The maximum atomic E-state index is 12.8. The van der Waals surface area contributed by atoms with Crippen LogP contribution in [-0.4, -0.2) is 42.7 Å². The first-order chi connectivity index (χ1) is 11.8. The van der Waals surface area contributed by atoms with Crippen molar-refractivity contribution in [2.24, 2.45) is 5.92 Å². The van der Waals surface area contributed by atoms with Gasteiger partial charge in [-0.3, -0.25) is 0 Å². The van der Waals surface area contributed by atoms with Gasteiger partial charge in [0.25, 0.3) is 0 Å². The van der Waals surface area contributed by atoms with Crippen LogP contribution in [0.15, 0.2) is 18.3 Å². The first-order valence-corrected chi connectivity index (χ1v) is 7.66. The second-order valence-corrected chi connectivity index (χ2v) is 5.80. The van der Waals surface area contributed by atoms with Crippen molar-refractivity contribution in [2.45, 2.75) is 37.8 Å². The molecule has 25 heavy (non-hydrogen) atoms. The number of rotatable bonds is 7. The number of pyridine rings is 1. The van der Waals surface area contributed by atoms with E-state index in [1.165, 1.54) is 12.3 Å². The number of carbonyl (C=O) groups excluding carboxylic acids is 1. The molecule has 10 heteroatoms. The molecule has 2 N–H and O–H groups in total. The largest absolute Gasteiger partial charge is 0.474 e. The van der Waals surface area contributed by atoms with E-state index in [4.69, 9.17) is 4.74 Å². The average molecular weight is 367 g/mol. The van der Waals surface area contributed by atoms with Gasteiger partial charge in [0.05, 0.1) is 5.92 Å². The van der Waals surface area contributed by atoms with Crippen LogP contribution in [0.1, 0.15) is 18.4 Å². The summed E-state index contributed by atoms with van der Waals surface area (Å²) in [6, 6.07) is 1.96. The van der Waals surface area contributed by atoms with E-state index in [1.54, 1.807) is 6.07 Å². The van der Waals surface area contributed by atoms with Crippen LogP contribution in [0, 0.1) is 5.92 Å². The van der Waals surface area contributed by atoms with Gasteiger partial charge in [-0.15, -0.1) is 0 Å². The summed E-state index contributed by atoms with van der Waals surface area (Å²) in [6.07, 6.45) is -4.82. The number of carbonyl (C=O) groups is 1. The zero-order chi connectivity index (χ0) is 18.4. The number of halogens is 5. The van der Waals surface area contributed by atoms with Gasteiger partial charge < -0.3 is 15.4 Å². The Morgan fingerprint density at radius 1 is 1.40 bits per heavy atom. The average Bonchev–Trinajstić information content (AvgIpc) is 2.52. The van der Waals surface area contributed by atoms with Gasteiger partial charge in [0.2, 0.25) is 5.88 Å². The summed E-state index contributed by atoms with van der Waals surface area (Å²) in [4.78, 5) is 15.5. The van der Waals surface area contributed by atoms with E-state index < -0.39 is 43.6 Å². The quantitative estimate of drug-likeness (QED) is 0.729. The molecular weight excluding hydrogens is 349 g/mol. The zero-order valence-corrected chi connectivity index (χ0v) is 13.2. The second kappa shape index (κ2) is 8.30. The fraction of sp³-hybridized carbons (Fsp3) is 0.600. The van der Waals surface area contributed by atoms with Crippen molar-refractivity contribution in [3.63, 3.8) is 0 Å².